The van der Waals surface area contributed by atoms with E-state index in [1.54, 1.807) is 25.4 Å². The molecule has 0 aliphatic carbocycles. The van der Waals surface area contributed by atoms with Gasteiger partial charge in [0.05, 0.1) is 29.6 Å². The molecule has 28 heavy (non-hydrogen) atoms. The van der Waals surface area contributed by atoms with E-state index < -0.39 is 0 Å². The minimum absolute atomic E-state index is 0.0939. The predicted molar refractivity (Wildman–Crippen MR) is 110 cm³/mol. The third kappa shape index (κ3) is 3.89. The Labute approximate surface area is 170 Å². The predicted octanol–water partition coefficient (Wildman–Crippen LogP) is 3.73. The van der Waals surface area contributed by atoms with Crippen LogP contribution in [-0.4, -0.2) is 53.8 Å². The van der Waals surface area contributed by atoms with Gasteiger partial charge in [-0.15, -0.1) is 0 Å². The Balaban J connectivity index is 1.45. The minimum Gasteiger partial charge on any atom is -0.495 e. The second kappa shape index (κ2) is 8.53. The summed E-state index contributed by atoms with van der Waals surface area (Å²) in [4.78, 5) is 15.5. The van der Waals surface area contributed by atoms with Crippen molar-refractivity contribution in [3.63, 3.8) is 0 Å². The molecule has 3 heterocycles. The number of aromatic nitrogens is 2. The lowest BCUT2D eigenvalue weighted by molar-refractivity contribution is 0.0576. The van der Waals surface area contributed by atoms with Crippen LogP contribution in [0.25, 0.3) is 11.3 Å². The van der Waals surface area contributed by atoms with Gasteiger partial charge in [-0.05, 0) is 62.9 Å². The number of H-pyrrole nitrogens is 1. The number of rotatable bonds is 5. The molecule has 7 heteroatoms. The average Bonchev–Trinajstić information content (AvgIpc) is 3.22. The minimum atomic E-state index is -0.0939. The van der Waals surface area contributed by atoms with Crippen LogP contribution < -0.4 is 10.1 Å². The van der Waals surface area contributed by atoms with E-state index in [0.717, 1.165) is 5.56 Å². The van der Waals surface area contributed by atoms with Crippen molar-refractivity contribution in [3.05, 3.63) is 35.0 Å². The monoisotopic (exact) mass is 402 g/mol. The Bertz CT molecular complexity index is 836. The van der Waals surface area contributed by atoms with Crippen LogP contribution in [0.15, 0.2) is 24.4 Å². The summed E-state index contributed by atoms with van der Waals surface area (Å²) in [7, 11) is 1.58. The Morgan fingerprint density at radius 3 is 3.00 bits per heavy atom. The van der Waals surface area contributed by atoms with Crippen molar-refractivity contribution in [3.8, 4) is 17.0 Å². The zero-order valence-electron chi connectivity index (χ0n) is 16.2. The molecule has 0 saturated carbocycles. The highest BCUT2D eigenvalue weighted by atomic mass is 35.5. The summed E-state index contributed by atoms with van der Waals surface area (Å²) < 4.78 is 5.20. The van der Waals surface area contributed by atoms with E-state index in [1.165, 1.54) is 45.2 Å². The lowest BCUT2D eigenvalue weighted by atomic mass is 9.83. The van der Waals surface area contributed by atoms with Gasteiger partial charge in [0, 0.05) is 18.2 Å². The van der Waals surface area contributed by atoms with E-state index in [0.29, 0.717) is 40.5 Å². The number of nitrogens with zero attached hydrogens (tertiary/aromatic N) is 2. The van der Waals surface area contributed by atoms with Crippen molar-refractivity contribution in [2.75, 3.05) is 26.7 Å². The maximum absolute atomic E-state index is 12.9. The van der Waals surface area contributed by atoms with Crippen molar-refractivity contribution in [2.45, 2.75) is 38.1 Å². The van der Waals surface area contributed by atoms with Crippen LogP contribution in [0.5, 0.6) is 5.75 Å². The van der Waals surface area contributed by atoms with Crippen LogP contribution in [0, 0.1) is 5.92 Å². The molecule has 6 nitrogen and oxygen atoms in total. The van der Waals surface area contributed by atoms with E-state index in [4.69, 9.17) is 16.3 Å². The van der Waals surface area contributed by atoms with Crippen LogP contribution in [-0.2, 0) is 0 Å². The van der Waals surface area contributed by atoms with Crippen LogP contribution in [0.2, 0.25) is 5.02 Å². The van der Waals surface area contributed by atoms with Gasteiger partial charge in [0.25, 0.3) is 5.91 Å². The van der Waals surface area contributed by atoms with Crippen molar-refractivity contribution < 1.29 is 9.53 Å². The molecule has 4 rings (SSSR count). The smallest absolute Gasteiger partial charge is 0.255 e. The number of amides is 1. The van der Waals surface area contributed by atoms with E-state index in [2.05, 4.69) is 20.4 Å². The van der Waals surface area contributed by atoms with Gasteiger partial charge in [-0.25, -0.2) is 0 Å². The first-order chi connectivity index (χ1) is 13.7. The highest BCUT2D eigenvalue weighted by Gasteiger charge is 2.33. The fraction of sp³-hybridized carbons (Fsp3) is 0.524. The molecule has 150 valence electrons. The zero-order chi connectivity index (χ0) is 19.5. The Kier molecular flexibility index (Phi) is 5.87. The lowest BCUT2D eigenvalue weighted by Crippen LogP contribution is -2.51. The van der Waals surface area contributed by atoms with E-state index in [9.17, 15) is 4.79 Å². The second-order valence-corrected chi connectivity index (χ2v) is 8.13. The second-order valence-electron chi connectivity index (χ2n) is 7.72. The number of hydrogen-bond acceptors (Lipinski definition) is 4. The first-order valence-electron chi connectivity index (χ1n) is 10.1. The van der Waals surface area contributed by atoms with Crippen LogP contribution in [0.3, 0.4) is 0 Å². The summed E-state index contributed by atoms with van der Waals surface area (Å²) in [5.74, 6) is 1.04. The third-order valence-corrected chi connectivity index (χ3v) is 6.37. The summed E-state index contributed by atoms with van der Waals surface area (Å²) in [5, 5.41) is 10.7. The molecular formula is C21H27ClN4O2. The van der Waals surface area contributed by atoms with Crippen LogP contribution in [0.4, 0.5) is 0 Å². The number of methoxy groups -OCH3 is 1. The van der Waals surface area contributed by atoms with E-state index in [1.807, 2.05) is 6.07 Å². The first-order valence-corrected chi connectivity index (χ1v) is 10.4. The molecule has 0 bridgehead atoms. The first kappa shape index (κ1) is 19.3. The number of benzene rings is 1. The number of carbonyl (C=O) groups excluding carboxylic acids is 1. The number of carbonyl (C=O) groups is 1. The molecule has 1 aromatic carbocycles. The lowest BCUT2D eigenvalue weighted by Gasteiger charge is -2.44. The van der Waals surface area contributed by atoms with E-state index >= 15 is 0 Å². The summed E-state index contributed by atoms with van der Waals surface area (Å²) in [6.45, 7) is 3.13. The van der Waals surface area contributed by atoms with Gasteiger partial charge in [0.15, 0.2) is 0 Å². The van der Waals surface area contributed by atoms with Gasteiger partial charge >= 0.3 is 0 Å². The topological polar surface area (TPSA) is 70.2 Å². The molecule has 2 fully saturated rings. The quantitative estimate of drug-likeness (QED) is 0.799. The highest BCUT2D eigenvalue weighted by molar-refractivity contribution is 6.32. The standard InChI is InChI=1S/C21H27ClN4O2/c1-28-19-8-7-14(11-17(19)22)20-16(13-24-25-20)21(27)23-12-15-5-4-10-26-9-3-2-6-18(15)26/h7-8,11,13,15,18H,2-6,9-10,12H2,1H3,(H,23,27)(H,24,25)/t15-,18+/m1/s1. The number of halogens is 1. The van der Waals surface area contributed by atoms with Gasteiger partial charge in [0.1, 0.15) is 5.75 Å². The van der Waals surface area contributed by atoms with Crippen molar-refractivity contribution in [1.82, 2.24) is 20.4 Å². The summed E-state index contributed by atoms with van der Waals surface area (Å²) in [5.41, 5.74) is 2.02. The molecule has 1 amide bonds. The number of fused-ring (bicyclic) bond motifs is 1. The van der Waals surface area contributed by atoms with Crippen LogP contribution in [0.1, 0.15) is 42.5 Å². The number of aromatic amines is 1. The summed E-state index contributed by atoms with van der Waals surface area (Å²) in [6.07, 6.45) is 7.85. The Hall–Kier alpha value is -2.05. The molecule has 2 aliphatic heterocycles. The number of hydrogen-bond donors (Lipinski definition) is 2. The average molecular weight is 403 g/mol. The molecular weight excluding hydrogens is 376 g/mol. The normalized spacial score (nSPS) is 22.5. The Morgan fingerprint density at radius 2 is 2.18 bits per heavy atom. The van der Waals surface area contributed by atoms with Crippen molar-refractivity contribution in [1.29, 1.82) is 0 Å². The van der Waals surface area contributed by atoms with Gasteiger partial charge in [-0.2, -0.15) is 5.10 Å². The molecule has 2 aliphatic rings. The maximum atomic E-state index is 12.9. The molecule has 0 radical (unpaired) electrons. The molecule has 2 saturated heterocycles. The fourth-order valence-corrected chi connectivity index (χ4v) is 4.89. The molecule has 2 atom stereocenters. The Morgan fingerprint density at radius 1 is 1.32 bits per heavy atom. The van der Waals surface area contributed by atoms with Crippen LogP contribution >= 0.6 is 11.6 Å². The third-order valence-electron chi connectivity index (χ3n) is 6.08. The zero-order valence-corrected chi connectivity index (χ0v) is 17.0. The summed E-state index contributed by atoms with van der Waals surface area (Å²) >= 11 is 6.24. The maximum Gasteiger partial charge on any atom is 0.255 e. The van der Waals surface area contributed by atoms with Crippen molar-refractivity contribution >= 4 is 17.5 Å². The summed E-state index contributed by atoms with van der Waals surface area (Å²) in [6, 6.07) is 6.06. The largest absolute Gasteiger partial charge is 0.495 e. The highest BCUT2D eigenvalue weighted by Crippen LogP contribution is 2.32. The number of piperidine rings is 2. The number of ether oxygens (including phenoxy) is 1. The molecule has 0 spiro atoms. The SMILES string of the molecule is COc1ccc(-c2[nH]ncc2C(=O)NC[C@H]2CCCN3CCCC[C@@H]23)cc1Cl. The van der Waals surface area contributed by atoms with Gasteiger partial charge < -0.3 is 15.0 Å². The van der Waals surface area contributed by atoms with Crippen molar-refractivity contribution in [2.24, 2.45) is 5.92 Å². The molecule has 0 unspecified atom stereocenters. The van der Waals surface area contributed by atoms with Gasteiger partial charge in [-0.1, -0.05) is 18.0 Å². The molecule has 2 aromatic rings. The van der Waals surface area contributed by atoms with Gasteiger partial charge in [-0.3, -0.25) is 9.89 Å². The van der Waals surface area contributed by atoms with Gasteiger partial charge in [0.2, 0.25) is 0 Å². The molecule has 1 aromatic heterocycles. The number of nitrogens with one attached hydrogen (secondary N) is 2. The van der Waals surface area contributed by atoms with E-state index in [-0.39, 0.29) is 5.91 Å². The molecule has 2 N–H and O–H groups in total. The fourth-order valence-electron chi connectivity index (χ4n) is 4.63.